The summed E-state index contributed by atoms with van der Waals surface area (Å²) in [6.07, 6.45) is 8.40. The van der Waals surface area contributed by atoms with Gasteiger partial charge in [0, 0.05) is 23.0 Å². The molecule has 0 amide bonds. The number of H-pyrrole nitrogens is 1. The van der Waals surface area contributed by atoms with Gasteiger partial charge in [-0.2, -0.15) is 0 Å². The summed E-state index contributed by atoms with van der Waals surface area (Å²) in [7, 11) is 0. The molecule has 0 aliphatic rings. The van der Waals surface area contributed by atoms with E-state index in [1.165, 1.54) is 6.39 Å². The number of benzene rings is 1. The summed E-state index contributed by atoms with van der Waals surface area (Å²) in [4.78, 5) is 23.3. The van der Waals surface area contributed by atoms with Crippen molar-refractivity contribution in [2.24, 2.45) is 0 Å². The number of aromatic amines is 1. The minimum Gasteiger partial charge on any atom is -0.444 e. The molecular formula is C17H10N4O2. The third-order valence-corrected chi connectivity index (χ3v) is 4.04. The lowest BCUT2D eigenvalue weighted by Crippen LogP contribution is -2.13. The van der Waals surface area contributed by atoms with Gasteiger partial charge in [0.1, 0.15) is 5.76 Å². The molecule has 3 aromatic heterocycles. The fraction of sp³-hybridized carbons (Fsp3) is 0. The number of hydrogen-bond donors (Lipinski definition) is 1. The van der Waals surface area contributed by atoms with Gasteiger partial charge in [0.05, 0.1) is 17.2 Å². The fourth-order valence-electron chi connectivity index (χ4n) is 3.11. The first-order valence-electron chi connectivity index (χ1n) is 7.12. The summed E-state index contributed by atoms with van der Waals surface area (Å²) < 4.78 is 7.17. The lowest BCUT2D eigenvalue weighted by atomic mass is 10.2. The normalized spacial score (nSPS) is 12.8. The van der Waals surface area contributed by atoms with Crippen molar-refractivity contribution in [2.75, 3.05) is 0 Å². The molecule has 5 rings (SSSR count). The van der Waals surface area contributed by atoms with Crippen molar-refractivity contribution in [1.29, 1.82) is 0 Å². The molecule has 1 N–H and O–H groups in total. The summed E-state index contributed by atoms with van der Waals surface area (Å²) in [5.41, 5.74) is 1.86. The second-order valence-electron chi connectivity index (χ2n) is 5.31. The van der Waals surface area contributed by atoms with Gasteiger partial charge in [-0.05, 0) is 11.5 Å². The number of oxazole rings is 1. The SMILES string of the molecule is O=c1[nH]c2c3ccccc3c(=Cc3cnco3)c2n2ccnc12. The highest BCUT2D eigenvalue weighted by Gasteiger charge is 2.13. The zero-order valence-corrected chi connectivity index (χ0v) is 11.9. The van der Waals surface area contributed by atoms with E-state index < -0.39 is 0 Å². The third kappa shape index (κ3) is 1.60. The van der Waals surface area contributed by atoms with Gasteiger partial charge >= 0.3 is 0 Å². The number of rotatable bonds is 1. The van der Waals surface area contributed by atoms with Gasteiger partial charge in [0.25, 0.3) is 5.56 Å². The zero-order valence-electron chi connectivity index (χ0n) is 11.9. The van der Waals surface area contributed by atoms with Crippen LogP contribution in [0.1, 0.15) is 5.76 Å². The molecule has 0 saturated carbocycles. The Morgan fingerprint density at radius 1 is 1.22 bits per heavy atom. The topological polar surface area (TPSA) is 76.2 Å². The van der Waals surface area contributed by atoms with E-state index in [0.29, 0.717) is 11.4 Å². The van der Waals surface area contributed by atoms with Crippen LogP contribution in [0, 0.1) is 0 Å². The molecular weight excluding hydrogens is 292 g/mol. The molecule has 3 heterocycles. The van der Waals surface area contributed by atoms with Crippen LogP contribution in [0.3, 0.4) is 0 Å². The summed E-state index contributed by atoms with van der Waals surface area (Å²) in [6.45, 7) is 0. The molecule has 0 saturated heterocycles. The smallest absolute Gasteiger partial charge is 0.292 e. The van der Waals surface area contributed by atoms with E-state index >= 15 is 0 Å². The maximum Gasteiger partial charge on any atom is 0.292 e. The summed E-state index contributed by atoms with van der Waals surface area (Å²) >= 11 is 0. The predicted octanol–water partition coefficient (Wildman–Crippen LogP) is 1.86. The van der Waals surface area contributed by atoms with Crippen molar-refractivity contribution in [3.05, 3.63) is 70.6 Å². The first kappa shape index (κ1) is 12.2. The molecule has 23 heavy (non-hydrogen) atoms. The minimum atomic E-state index is -0.204. The highest BCUT2D eigenvalue weighted by molar-refractivity contribution is 6.09. The monoisotopic (exact) mass is 302 g/mol. The van der Waals surface area contributed by atoms with E-state index in [9.17, 15) is 4.79 Å². The Hall–Kier alpha value is -3.41. The standard InChI is InChI=1S/C17H10N4O2/c22-17-16-19-5-6-21(16)15-13(7-10-8-18-9-23-10)11-3-1-2-4-12(11)14(15)20-17/h1-9H,(H,20,22). The van der Waals surface area contributed by atoms with E-state index in [1.54, 1.807) is 18.6 Å². The molecule has 6 nitrogen and oxygen atoms in total. The van der Waals surface area contributed by atoms with Gasteiger partial charge in [-0.3, -0.25) is 9.20 Å². The van der Waals surface area contributed by atoms with Crippen LogP contribution in [-0.2, 0) is 0 Å². The molecule has 110 valence electrons. The van der Waals surface area contributed by atoms with E-state index in [0.717, 1.165) is 27.0 Å². The highest BCUT2D eigenvalue weighted by Crippen LogP contribution is 2.22. The van der Waals surface area contributed by atoms with Crippen LogP contribution in [0.5, 0.6) is 0 Å². The first-order valence-corrected chi connectivity index (χ1v) is 7.12. The van der Waals surface area contributed by atoms with Gasteiger partial charge in [0.2, 0.25) is 5.65 Å². The van der Waals surface area contributed by atoms with E-state index in [4.69, 9.17) is 4.42 Å². The zero-order chi connectivity index (χ0) is 15.4. The van der Waals surface area contributed by atoms with Crippen LogP contribution in [0.25, 0.3) is 33.5 Å². The van der Waals surface area contributed by atoms with Crippen LogP contribution < -0.4 is 10.8 Å². The van der Waals surface area contributed by atoms with Crippen molar-refractivity contribution >= 4 is 33.5 Å². The molecule has 0 fully saturated rings. The molecule has 0 spiro atoms. The molecule has 0 aliphatic carbocycles. The molecule has 0 unspecified atom stereocenters. The Kier molecular flexibility index (Phi) is 2.27. The van der Waals surface area contributed by atoms with Crippen molar-refractivity contribution in [3.8, 4) is 0 Å². The maximum absolute atomic E-state index is 12.2. The van der Waals surface area contributed by atoms with Gasteiger partial charge in [-0.15, -0.1) is 0 Å². The van der Waals surface area contributed by atoms with Crippen molar-refractivity contribution in [2.45, 2.75) is 0 Å². The van der Waals surface area contributed by atoms with E-state index in [2.05, 4.69) is 15.0 Å². The largest absolute Gasteiger partial charge is 0.444 e. The molecule has 0 radical (unpaired) electrons. The second kappa shape index (κ2) is 4.30. The van der Waals surface area contributed by atoms with Crippen molar-refractivity contribution < 1.29 is 4.42 Å². The predicted molar refractivity (Wildman–Crippen MR) is 86.1 cm³/mol. The number of fused-ring (bicyclic) bond motifs is 5. The molecule has 0 aliphatic heterocycles. The summed E-state index contributed by atoms with van der Waals surface area (Å²) in [6, 6.07) is 7.95. The number of nitrogens with zero attached hydrogens (tertiary/aromatic N) is 3. The highest BCUT2D eigenvalue weighted by atomic mass is 16.3. The van der Waals surface area contributed by atoms with Crippen LogP contribution in [0.2, 0.25) is 0 Å². The Labute approximate surface area is 128 Å². The molecule has 0 atom stereocenters. The number of imidazole rings is 1. The van der Waals surface area contributed by atoms with Crippen molar-refractivity contribution in [1.82, 2.24) is 19.4 Å². The molecule has 0 bridgehead atoms. The summed E-state index contributed by atoms with van der Waals surface area (Å²) in [5, 5.41) is 2.99. The minimum absolute atomic E-state index is 0.204. The molecule has 6 heteroatoms. The second-order valence-corrected chi connectivity index (χ2v) is 5.31. The lowest BCUT2D eigenvalue weighted by Gasteiger charge is -1.97. The quantitative estimate of drug-likeness (QED) is 0.513. The fourth-order valence-corrected chi connectivity index (χ4v) is 3.11. The van der Waals surface area contributed by atoms with Gasteiger partial charge in [0.15, 0.2) is 6.39 Å². The first-order chi connectivity index (χ1) is 11.3. The van der Waals surface area contributed by atoms with E-state index in [-0.39, 0.29) is 5.56 Å². The Morgan fingerprint density at radius 2 is 2.09 bits per heavy atom. The Morgan fingerprint density at radius 3 is 2.91 bits per heavy atom. The van der Waals surface area contributed by atoms with E-state index in [1.807, 2.05) is 34.7 Å². The van der Waals surface area contributed by atoms with Gasteiger partial charge in [-0.25, -0.2) is 9.97 Å². The number of hydrogen-bond acceptors (Lipinski definition) is 4. The van der Waals surface area contributed by atoms with Crippen LogP contribution in [-0.4, -0.2) is 19.4 Å². The van der Waals surface area contributed by atoms with Gasteiger partial charge in [-0.1, -0.05) is 24.3 Å². The summed E-state index contributed by atoms with van der Waals surface area (Å²) in [5.74, 6) is 0.655. The molecule has 2 aromatic carbocycles. The number of aromatic nitrogens is 4. The van der Waals surface area contributed by atoms with Crippen LogP contribution >= 0.6 is 0 Å². The number of nitrogens with one attached hydrogen (secondary N) is 1. The Bertz CT molecular complexity index is 1280. The van der Waals surface area contributed by atoms with Crippen LogP contribution in [0.4, 0.5) is 0 Å². The Balaban J connectivity index is 2.14. The molecule has 5 aromatic rings. The lowest BCUT2D eigenvalue weighted by molar-refractivity contribution is 0.548. The van der Waals surface area contributed by atoms with Crippen LogP contribution in [0.15, 0.2) is 58.5 Å². The third-order valence-electron chi connectivity index (χ3n) is 4.04. The average Bonchev–Trinajstić information content (AvgIpc) is 3.28. The maximum atomic E-state index is 12.2. The average molecular weight is 302 g/mol. The van der Waals surface area contributed by atoms with Gasteiger partial charge < -0.3 is 9.40 Å². The van der Waals surface area contributed by atoms with Crippen molar-refractivity contribution in [3.63, 3.8) is 0 Å².